The molecule has 0 fully saturated rings. The molecule has 0 aliphatic rings. The SMILES string of the molecule is [C-]#[N+]CC(O)c1ccc(OC)c(C)c1. The predicted octanol–water partition coefficient (Wildman–Crippen LogP) is 1.96. The normalized spacial score (nSPS) is 11.9. The van der Waals surface area contributed by atoms with Gasteiger partial charge in [-0.25, -0.2) is 6.57 Å². The molecule has 1 aromatic rings. The minimum Gasteiger partial charge on any atom is -0.496 e. The number of hydrogen-bond acceptors (Lipinski definition) is 2. The van der Waals surface area contributed by atoms with Gasteiger partial charge in [-0.3, -0.25) is 0 Å². The Hall–Kier alpha value is -1.53. The van der Waals surface area contributed by atoms with Crippen LogP contribution in [0.25, 0.3) is 4.85 Å². The fourth-order valence-corrected chi connectivity index (χ4v) is 1.30. The van der Waals surface area contributed by atoms with E-state index in [9.17, 15) is 5.11 Å². The fraction of sp³-hybridized carbons (Fsp3) is 0.364. The van der Waals surface area contributed by atoms with Crippen molar-refractivity contribution in [3.63, 3.8) is 0 Å². The van der Waals surface area contributed by atoms with E-state index in [1.54, 1.807) is 19.2 Å². The monoisotopic (exact) mass is 191 g/mol. The largest absolute Gasteiger partial charge is 0.496 e. The van der Waals surface area contributed by atoms with E-state index >= 15 is 0 Å². The highest BCUT2D eigenvalue weighted by Crippen LogP contribution is 2.22. The van der Waals surface area contributed by atoms with Crippen molar-refractivity contribution < 1.29 is 9.84 Å². The lowest BCUT2D eigenvalue weighted by molar-refractivity contribution is 0.195. The number of ether oxygens (including phenoxy) is 1. The summed E-state index contributed by atoms with van der Waals surface area (Å²) in [4.78, 5) is 3.15. The van der Waals surface area contributed by atoms with Crippen LogP contribution in [0.1, 0.15) is 17.2 Å². The molecule has 0 aliphatic heterocycles. The Morgan fingerprint density at radius 1 is 1.57 bits per heavy atom. The van der Waals surface area contributed by atoms with E-state index in [2.05, 4.69) is 4.85 Å². The minimum absolute atomic E-state index is 0.103. The zero-order valence-electron chi connectivity index (χ0n) is 8.32. The van der Waals surface area contributed by atoms with Crippen molar-refractivity contribution in [2.24, 2.45) is 0 Å². The highest BCUT2D eigenvalue weighted by atomic mass is 16.5. The van der Waals surface area contributed by atoms with Crippen molar-refractivity contribution in [3.8, 4) is 5.75 Å². The maximum Gasteiger partial charge on any atom is 0.244 e. The molecule has 0 saturated carbocycles. The Morgan fingerprint density at radius 2 is 2.29 bits per heavy atom. The Balaban J connectivity index is 2.92. The van der Waals surface area contributed by atoms with Crippen LogP contribution in [0.15, 0.2) is 18.2 Å². The number of aliphatic hydroxyl groups excluding tert-OH is 1. The molecule has 0 amide bonds. The van der Waals surface area contributed by atoms with Gasteiger partial charge in [-0.1, -0.05) is 6.07 Å². The average molecular weight is 191 g/mol. The number of nitrogens with zero attached hydrogens (tertiary/aromatic N) is 1. The molecule has 0 spiro atoms. The quantitative estimate of drug-likeness (QED) is 0.741. The summed E-state index contributed by atoms with van der Waals surface area (Å²) in [6, 6.07) is 5.42. The smallest absolute Gasteiger partial charge is 0.244 e. The van der Waals surface area contributed by atoms with Crippen molar-refractivity contribution in [3.05, 3.63) is 40.7 Å². The molecule has 0 radical (unpaired) electrons. The molecule has 1 atom stereocenters. The molecule has 0 heterocycles. The van der Waals surface area contributed by atoms with Gasteiger partial charge in [-0.2, -0.15) is 0 Å². The molecule has 0 bridgehead atoms. The molecule has 0 aromatic heterocycles. The number of methoxy groups -OCH3 is 1. The van der Waals surface area contributed by atoms with E-state index in [1.807, 2.05) is 13.0 Å². The number of benzene rings is 1. The first kappa shape index (κ1) is 10.6. The zero-order valence-corrected chi connectivity index (χ0v) is 8.32. The van der Waals surface area contributed by atoms with Crippen LogP contribution in [0, 0.1) is 13.5 Å². The van der Waals surface area contributed by atoms with Crippen LogP contribution in [0.4, 0.5) is 0 Å². The third-order valence-corrected chi connectivity index (χ3v) is 2.07. The van der Waals surface area contributed by atoms with E-state index in [4.69, 9.17) is 11.3 Å². The fourth-order valence-electron chi connectivity index (χ4n) is 1.30. The second-order valence-corrected chi connectivity index (χ2v) is 3.09. The van der Waals surface area contributed by atoms with Crippen LogP contribution < -0.4 is 4.74 Å². The standard InChI is InChI=1S/C11H13NO2/c1-8-6-9(10(13)7-12-2)4-5-11(8)14-3/h4-6,10,13H,7H2,1,3H3. The summed E-state index contributed by atoms with van der Waals surface area (Å²) < 4.78 is 5.10. The van der Waals surface area contributed by atoms with Crippen LogP contribution in [-0.4, -0.2) is 18.8 Å². The molecule has 1 aromatic carbocycles. The second-order valence-electron chi connectivity index (χ2n) is 3.09. The Morgan fingerprint density at radius 3 is 2.79 bits per heavy atom. The van der Waals surface area contributed by atoms with Crippen LogP contribution in [0.3, 0.4) is 0 Å². The van der Waals surface area contributed by atoms with Crippen molar-refractivity contribution >= 4 is 0 Å². The van der Waals surface area contributed by atoms with Gasteiger partial charge in [0.1, 0.15) is 5.75 Å². The summed E-state index contributed by atoms with van der Waals surface area (Å²) in [7, 11) is 1.61. The molecule has 14 heavy (non-hydrogen) atoms. The summed E-state index contributed by atoms with van der Waals surface area (Å²) in [5, 5.41) is 9.55. The van der Waals surface area contributed by atoms with Gasteiger partial charge < -0.3 is 14.7 Å². The Bertz CT molecular complexity index is 355. The van der Waals surface area contributed by atoms with Crippen LogP contribution in [0.2, 0.25) is 0 Å². The van der Waals surface area contributed by atoms with Crippen LogP contribution in [-0.2, 0) is 0 Å². The first-order valence-corrected chi connectivity index (χ1v) is 4.35. The highest BCUT2D eigenvalue weighted by Gasteiger charge is 2.11. The third-order valence-electron chi connectivity index (χ3n) is 2.07. The Kier molecular flexibility index (Phi) is 3.49. The molecule has 0 saturated heterocycles. The topological polar surface area (TPSA) is 33.8 Å². The molecular weight excluding hydrogens is 178 g/mol. The summed E-state index contributed by atoms with van der Waals surface area (Å²) in [5.41, 5.74) is 1.73. The summed E-state index contributed by atoms with van der Waals surface area (Å²) >= 11 is 0. The van der Waals surface area contributed by atoms with Gasteiger partial charge in [0.2, 0.25) is 6.54 Å². The lowest BCUT2D eigenvalue weighted by atomic mass is 10.1. The van der Waals surface area contributed by atoms with Crippen molar-refractivity contribution in [2.75, 3.05) is 13.7 Å². The van der Waals surface area contributed by atoms with Crippen LogP contribution >= 0.6 is 0 Å². The number of hydrogen-bond donors (Lipinski definition) is 1. The van der Waals surface area contributed by atoms with Crippen molar-refractivity contribution in [1.82, 2.24) is 0 Å². The van der Waals surface area contributed by atoms with E-state index in [-0.39, 0.29) is 6.54 Å². The van der Waals surface area contributed by atoms with Gasteiger partial charge in [0.15, 0.2) is 6.10 Å². The second kappa shape index (κ2) is 4.64. The van der Waals surface area contributed by atoms with Gasteiger partial charge in [0.05, 0.1) is 7.11 Å². The molecule has 1 N–H and O–H groups in total. The Labute approximate surface area is 83.8 Å². The van der Waals surface area contributed by atoms with E-state index in [0.717, 1.165) is 16.9 Å². The lowest BCUT2D eigenvalue weighted by Crippen LogP contribution is -2.00. The summed E-state index contributed by atoms with van der Waals surface area (Å²) in [5.74, 6) is 0.795. The molecular formula is C11H13NO2. The zero-order chi connectivity index (χ0) is 10.6. The average Bonchev–Trinajstić information content (AvgIpc) is 2.18. The molecule has 3 heteroatoms. The van der Waals surface area contributed by atoms with Gasteiger partial charge >= 0.3 is 0 Å². The molecule has 74 valence electrons. The minimum atomic E-state index is -0.697. The molecule has 3 nitrogen and oxygen atoms in total. The predicted molar refractivity (Wildman–Crippen MR) is 54.2 cm³/mol. The van der Waals surface area contributed by atoms with E-state index in [0.29, 0.717) is 0 Å². The molecule has 1 rings (SSSR count). The summed E-state index contributed by atoms with van der Waals surface area (Å²) in [6.07, 6.45) is -0.697. The maximum atomic E-state index is 9.55. The maximum absolute atomic E-state index is 9.55. The molecule has 1 unspecified atom stereocenters. The van der Waals surface area contributed by atoms with Gasteiger partial charge in [-0.15, -0.1) is 0 Å². The third kappa shape index (κ3) is 2.24. The van der Waals surface area contributed by atoms with Crippen LogP contribution in [0.5, 0.6) is 5.75 Å². The first-order valence-electron chi connectivity index (χ1n) is 4.35. The number of aliphatic hydroxyl groups is 1. The number of aryl methyl sites for hydroxylation is 1. The number of rotatable bonds is 3. The highest BCUT2D eigenvalue weighted by molar-refractivity contribution is 5.37. The van der Waals surface area contributed by atoms with Gasteiger partial charge in [-0.05, 0) is 30.2 Å². The van der Waals surface area contributed by atoms with E-state index < -0.39 is 6.10 Å². The summed E-state index contributed by atoms with van der Waals surface area (Å²) in [6.45, 7) is 8.67. The van der Waals surface area contributed by atoms with Crippen molar-refractivity contribution in [1.29, 1.82) is 0 Å². The first-order chi connectivity index (χ1) is 6.69. The molecule has 0 aliphatic carbocycles. The van der Waals surface area contributed by atoms with Crippen molar-refractivity contribution in [2.45, 2.75) is 13.0 Å². The van der Waals surface area contributed by atoms with Gasteiger partial charge in [0, 0.05) is 0 Å². The lowest BCUT2D eigenvalue weighted by Gasteiger charge is -2.08. The van der Waals surface area contributed by atoms with Gasteiger partial charge in [0.25, 0.3) is 0 Å². The van der Waals surface area contributed by atoms with E-state index in [1.165, 1.54) is 0 Å².